The van der Waals surface area contributed by atoms with Gasteiger partial charge in [0.15, 0.2) is 0 Å². The predicted octanol–water partition coefficient (Wildman–Crippen LogP) is 2.68. The fourth-order valence-electron chi connectivity index (χ4n) is 2.81. The van der Waals surface area contributed by atoms with E-state index in [-0.39, 0.29) is 29.5 Å². The van der Waals surface area contributed by atoms with E-state index in [1.807, 2.05) is 13.0 Å². The van der Waals surface area contributed by atoms with Crippen molar-refractivity contribution in [3.8, 4) is 6.07 Å². The molecule has 1 heterocycles. The fraction of sp³-hybridized carbons (Fsp3) is 0.316. The lowest BCUT2D eigenvalue weighted by Gasteiger charge is -2.27. The number of anilines is 1. The Balaban J connectivity index is 2.55. The van der Waals surface area contributed by atoms with Crippen LogP contribution in [0.5, 0.6) is 0 Å². The molecule has 0 bridgehead atoms. The standard InChI is InChI=1S/C19H21N3O4/c1-4-15-17(19(24)25-5-2)16(14(10-20)18(21)26-15)12-6-8-13(9-7-12)22-11(3)23/h6-9,16H,4-5,21H2,1-3H3,(H,22,23)/t16-/m0/s1. The molecule has 1 aromatic rings. The van der Waals surface area contributed by atoms with Crippen LogP contribution in [0.1, 0.15) is 38.7 Å². The second-order valence-electron chi connectivity index (χ2n) is 5.64. The maximum Gasteiger partial charge on any atom is 0.338 e. The molecular weight excluding hydrogens is 334 g/mol. The highest BCUT2D eigenvalue weighted by molar-refractivity contribution is 5.93. The second-order valence-corrected chi connectivity index (χ2v) is 5.64. The van der Waals surface area contributed by atoms with Crippen LogP contribution in [0.4, 0.5) is 5.69 Å². The summed E-state index contributed by atoms with van der Waals surface area (Å²) >= 11 is 0. The summed E-state index contributed by atoms with van der Waals surface area (Å²) < 4.78 is 10.7. The molecule has 1 atom stereocenters. The average molecular weight is 355 g/mol. The van der Waals surface area contributed by atoms with Gasteiger partial charge in [0.2, 0.25) is 11.8 Å². The molecule has 1 aliphatic rings. The van der Waals surface area contributed by atoms with E-state index >= 15 is 0 Å². The molecule has 0 aliphatic carbocycles. The molecule has 3 N–H and O–H groups in total. The Morgan fingerprint density at radius 1 is 1.31 bits per heavy atom. The van der Waals surface area contributed by atoms with Crippen molar-refractivity contribution in [2.75, 3.05) is 11.9 Å². The van der Waals surface area contributed by atoms with Crippen molar-refractivity contribution in [2.45, 2.75) is 33.1 Å². The second kappa shape index (κ2) is 8.21. The van der Waals surface area contributed by atoms with Gasteiger partial charge in [-0.3, -0.25) is 4.79 Å². The number of nitrogens with one attached hydrogen (secondary N) is 1. The fourth-order valence-corrected chi connectivity index (χ4v) is 2.81. The molecule has 2 rings (SSSR count). The molecule has 0 saturated heterocycles. The number of nitriles is 1. The van der Waals surface area contributed by atoms with E-state index in [2.05, 4.69) is 5.32 Å². The van der Waals surface area contributed by atoms with E-state index in [0.29, 0.717) is 23.4 Å². The van der Waals surface area contributed by atoms with Gasteiger partial charge in [0.1, 0.15) is 17.4 Å². The first-order chi connectivity index (χ1) is 12.4. The van der Waals surface area contributed by atoms with Crippen molar-refractivity contribution in [3.05, 3.63) is 52.6 Å². The van der Waals surface area contributed by atoms with Gasteiger partial charge in [0.25, 0.3) is 0 Å². The van der Waals surface area contributed by atoms with Gasteiger partial charge in [-0.1, -0.05) is 19.1 Å². The number of ether oxygens (including phenoxy) is 2. The lowest BCUT2D eigenvalue weighted by atomic mass is 9.82. The molecule has 1 aliphatic heterocycles. The number of esters is 1. The normalized spacial score (nSPS) is 16.6. The summed E-state index contributed by atoms with van der Waals surface area (Å²) in [4.78, 5) is 23.7. The van der Waals surface area contributed by atoms with Crippen LogP contribution in [0.2, 0.25) is 0 Å². The smallest absolute Gasteiger partial charge is 0.338 e. The number of amides is 1. The van der Waals surface area contributed by atoms with Crippen LogP contribution >= 0.6 is 0 Å². The molecule has 136 valence electrons. The Bertz CT molecular complexity index is 816. The molecule has 26 heavy (non-hydrogen) atoms. The minimum atomic E-state index is -0.686. The Kier molecular flexibility index (Phi) is 6.02. The SMILES string of the molecule is CCOC(=O)C1=C(CC)OC(N)=C(C#N)[C@@H]1c1ccc(NC(C)=O)cc1. The Hall–Kier alpha value is -3.27. The number of nitrogens with zero attached hydrogens (tertiary/aromatic N) is 1. The van der Waals surface area contributed by atoms with E-state index in [9.17, 15) is 14.9 Å². The summed E-state index contributed by atoms with van der Waals surface area (Å²) in [5.74, 6) is -1.05. The van der Waals surface area contributed by atoms with Gasteiger partial charge in [0.05, 0.1) is 18.1 Å². The number of rotatable bonds is 5. The Morgan fingerprint density at radius 2 is 1.96 bits per heavy atom. The van der Waals surface area contributed by atoms with E-state index in [1.54, 1.807) is 31.2 Å². The number of hydrogen-bond donors (Lipinski definition) is 2. The number of carbonyl (C=O) groups is 2. The van der Waals surface area contributed by atoms with Gasteiger partial charge in [0, 0.05) is 19.0 Å². The number of allylic oxidation sites excluding steroid dienone is 2. The zero-order valence-corrected chi connectivity index (χ0v) is 15.0. The first kappa shape index (κ1) is 19.1. The number of nitrogens with two attached hydrogens (primary N) is 1. The molecule has 1 amide bonds. The number of carbonyl (C=O) groups excluding carboxylic acids is 2. The van der Waals surface area contributed by atoms with Crippen molar-refractivity contribution >= 4 is 17.6 Å². The number of benzene rings is 1. The first-order valence-corrected chi connectivity index (χ1v) is 8.28. The van der Waals surface area contributed by atoms with Crippen LogP contribution in [0.3, 0.4) is 0 Å². The minimum absolute atomic E-state index is 0.0201. The molecule has 0 fully saturated rings. The summed E-state index contributed by atoms with van der Waals surface area (Å²) in [5.41, 5.74) is 7.62. The van der Waals surface area contributed by atoms with Gasteiger partial charge < -0.3 is 20.5 Å². The minimum Gasteiger partial charge on any atom is -0.463 e. The van der Waals surface area contributed by atoms with Crippen LogP contribution in [0.25, 0.3) is 0 Å². The highest BCUT2D eigenvalue weighted by Crippen LogP contribution is 2.40. The van der Waals surface area contributed by atoms with Crippen molar-refractivity contribution < 1.29 is 19.1 Å². The Morgan fingerprint density at radius 3 is 2.46 bits per heavy atom. The highest BCUT2D eigenvalue weighted by Gasteiger charge is 2.36. The van der Waals surface area contributed by atoms with Gasteiger partial charge >= 0.3 is 5.97 Å². The van der Waals surface area contributed by atoms with Gasteiger partial charge in [-0.15, -0.1) is 0 Å². The molecule has 0 aromatic heterocycles. The lowest BCUT2D eigenvalue weighted by molar-refractivity contribution is -0.139. The largest absolute Gasteiger partial charge is 0.463 e. The van der Waals surface area contributed by atoms with Crippen LogP contribution < -0.4 is 11.1 Å². The zero-order chi connectivity index (χ0) is 19.3. The summed E-state index contributed by atoms with van der Waals surface area (Å²) in [7, 11) is 0. The third-order valence-corrected chi connectivity index (χ3v) is 3.88. The van der Waals surface area contributed by atoms with Gasteiger partial charge in [-0.2, -0.15) is 5.26 Å². The predicted molar refractivity (Wildman–Crippen MR) is 95.3 cm³/mol. The third kappa shape index (κ3) is 3.86. The lowest BCUT2D eigenvalue weighted by Crippen LogP contribution is -2.26. The van der Waals surface area contributed by atoms with Crippen LogP contribution in [-0.4, -0.2) is 18.5 Å². The molecule has 0 spiro atoms. The van der Waals surface area contributed by atoms with E-state index < -0.39 is 11.9 Å². The number of hydrogen-bond acceptors (Lipinski definition) is 6. The van der Waals surface area contributed by atoms with Crippen LogP contribution in [-0.2, 0) is 19.1 Å². The maximum atomic E-state index is 12.5. The summed E-state index contributed by atoms with van der Waals surface area (Å²) in [6.45, 7) is 5.16. The highest BCUT2D eigenvalue weighted by atomic mass is 16.5. The molecule has 7 nitrogen and oxygen atoms in total. The first-order valence-electron chi connectivity index (χ1n) is 8.28. The molecule has 0 radical (unpaired) electrons. The van der Waals surface area contributed by atoms with Crippen LogP contribution in [0, 0.1) is 11.3 Å². The van der Waals surface area contributed by atoms with E-state index in [1.165, 1.54) is 6.92 Å². The van der Waals surface area contributed by atoms with Crippen LogP contribution in [0.15, 0.2) is 47.1 Å². The molecular formula is C19H21N3O4. The summed E-state index contributed by atoms with van der Waals surface area (Å²) in [6.07, 6.45) is 0.425. The average Bonchev–Trinajstić information content (AvgIpc) is 2.61. The van der Waals surface area contributed by atoms with Gasteiger partial charge in [-0.05, 0) is 24.6 Å². The van der Waals surface area contributed by atoms with Crippen molar-refractivity contribution in [3.63, 3.8) is 0 Å². The quantitative estimate of drug-likeness (QED) is 0.785. The molecule has 7 heteroatoms. The van der Waals surface area contributed by atoms with Crippen molar-refractivity contribution in [2.24, 2.45) is 5.73 Å². The maximum absolute atomic E-state index is 12.5. The van der Waals surface area contributed by atoms with Gasteiger partial charge in [-0.25, -0.2) is 4.79 Å². The zero-order valence-electron chi connectivity index (χ0n) is 15.0. The molecule has 0 saturated carbocycles. The Labute approximate surface area is 152 Å². The monoisotopic (exact) mass is 355 g/mol. The van der Waals surface area contributed by atoms with E-state index in [4.69, 9.17) is 15.2 Å². The topological polar surface area (TPSA) is 114 Å². The molecule has 0 unspecified atom stereocenters. The third-order valence-electron chi connectivity index (χ3n) is 3.88. The molecule has 1 aromatic carbocycles. The summed E-state index contributed by atoms with van der Waals surface area (Å²) in [5, 5.41) is 12.2. The summed E-state index contributed by atoms with van der Waals surface area (Å²) in [6, 6.07) is 8.91. The van der Waals surface area contributed by atoms with Crippen molar-refractivity contribution in [1.29, 1.82) is 5.26 Å². The van der Waals surface area contributed by atoms with Crippen molar-refractivity contribution in [1.82, 2.24) is 0 Å². The van der Waals surface area contributed by atoms with E-state index in [0.717, 1.165) is 0 Å².